The van der Waals surface area contributed by atoms with Crippen LogP contribution in [-0.4, -0.2) is 30.1 Å². The molecule has 2 nitrogen and oxygen atoms in total. The summed E-state index contributed by atoms with van der Waals surface area (Å²) in [6.07, 6.45) is 2.62. The minimum Gasteiger partial charge on any atom is -0.314 e. The van der Waals surface area contributed by atoms with Crippen molar-refractivity contribution < 1.29 is 4.39 Å². The van der Waals surface area contributed by atoms with Crippen molar-refractivity contribution in [2.24, 2.45) is 5.92 Å². The van der Waals surface area contributed by atoms with Crippen molar-refractivity contribution in [3.8, 4) is 0 Å². The summed E-state index contributed by atoms with van der Waals surface area (Å²) in [5.74, 6) is 0.565. The zero-order valence-electron chi connectivity index (χ0n) is 11.3. The van der Waals surface area contributed by atoms with Gasteiger partial charge in [-0.25, -0.2) is 4.39 Å². The number of nitrogens with one attached hydrogen (secondary N) is 1. The van der Waals surface area contributed by atoms with E-state index in [9.17, 15) is 4.39 Å². The fraction of sp³-hybridized carbons (Fsp3) is 0.600. The van der Waals surface area contributed by atoms with Crippen LogP contribution in [0.2, 0.25) is 5.02 Å². The second-order valence-electron chi connectivity index (χ2n) is 5.97. The van der Waals surface area contributed by atoms with Crippen LogP contribution >= 0.6 is 11.6 Å². The zero-order valence-corrected chi connectivity index (χ0v) is 12.0. The Labute approximate surface area is 118 Å². The molecule has 0 amide bonds. The SMILES string of the molecule is CC1(C2CC2)CNCCN1Cc1cc(F)ccc1Cl. The number of benzene rings is 1. The fourth-order valence-corrected chi connectivity index (χ4v) is 3.34. The van der Waals surface area contributed by atoms with Crippen LogP contribution in [0.25, 0.3) is 0 Å². The molecule has 0 aromatic heterocycles. The Morgan fingerprint density at radius 1 is 1.47 bits per heavy atom. The molecule has 1 unspecified atom stereocenters. The van der Waals surface area contributed by atoms with Crippen LogP contribution in [-0.2, 0) is 6.54 Å². The largest absolute Gasteiger partial charge is 0.314 e. The highest BCUT2D eigenvalue weighted by Gasteiger charge is 2.46. The average Bonchev–Trinajstić information content (AvgIpc) is 3.21. The van der Waals surface area contributed by atoms with E-state index in [1.54, 1.807) is 12.1 Å². The molecule has 1 heterocycles. The van der Waals surface area contributed by atoms with Crippen LogP contribution in [0.4, 0.5) is 4.39 Å². The molecule has 104 valence electrons. The number of piperazine rings is 1. The van der Waals surface area contributed by atoms with E-state index in [1.165, 1.54) is 18.9 Å². The first-order valence-corrected chi connectivity index (χ1v) is 7.37. The second-order valence-corrected chi connectivity index (χ2v) is 6.37. The minimum atomic E-state index is -0.206. The summed E-state index contributed by atoms with van der Waals surface area (Å²) in [7, 11) is 0. The standard InChI is InChI=1S/C15H20ClFN2/c1-15(12-2-3-12)10-18-6-7-19(15)9-11-8-13(17)4-5-14(11)16/h4-5,8,12,18H,2-3,6-7,9-10H2,1H3. The highest BCUT2D eigenvalue weighted by atomic mass is 35.5. The normalized spacial score (nSPS) is 28.6. The van der Waals surface area contributed by atoms with Crippen molar-refractivity contribution in [2.45, 2.75) is 31.8 Å². The maximum atomic E-state index is 13.4. The number of hydrogen-bond donors (Lipinski definition) is 1. The topological polar surface area (TPSA) is 15.3 Å². The van der Waals surface area contributed by atoms with Crippen LogP contribution < -0.4 is 5.32 Å². The Bertz CT molecular complexity index is 475. The molecule has 2 aliphatic rings. The first kappa shape index (κ1) is 13.3. The Morgan fingerprint density at radius 3 is 3.00 bits per heavy atom. The zero-order chi connectivity index (χ0) is 13.5. The molecule has 0 radical (unpaired) electrons. The quantitative estimate of drug-likeness (QED) is 0.917. The van der Waals surface area contributed by atoms with Crippen molar-refractivity contribution in [1.29, 1.82) is 0 Å². The Hall–Kier alpha value is -0.640. The molecule has 1 atom stereocenters. The molecule has 1 aliphatic carbocycles. The Kier molecular flexibility index (Phi) is 3.54. The molecule has 3 rings (SSSR count). The number of hydrogen-bond acceptors (Lipinski definition) is 2. The molecule has 4 heteroatoms. The molecule has 1 aliphatic heterocycles. The molecule has 2 fully saturated rings. The molecule has 19 heavy (non-hydrogen) atoms. The highest BCUT2D eigenvalue weighted by Crippen LogP contribution is 2.44. The maximum Gasteiger partial charge on any atom is 0.123 e. The van der Waals surface area contributed by atoms with E-state index < -0.39 is 0 Å². The van der Waals surface area contributed by atoms with Gasteiger partial charge in [0.15, 0.2) is 0 Å². The lowest BCUT2D eigenvalue weighted by Crippen LogP contribution is -2.60. The van der Waals surface area contributed by atoms with Crippen LogP contribution in [0.5, 0.6) is 0 Å². The van der Waals surface area contributed by atoms with E-state index in [0.29, 0.717) is 5.02 Å². The van der Waals surface area contributed by atoms with E-state index in [1.807, 2.05) is 0 Å². The van der Waals surface area contributed by atoms with Crippen molar-refractivity contribution in [1.82, 2.24) is 10.2 Å². The third-order valence-corrected chi connectivity index (χ3v) is 4.96. The second kappa shape index (κ2) is 5.04. The van der Waals surface area contributed by atoms with Gasteiger partial charge in [-0.1, -0.05) is 11.6 Å². The first-order chi connectivity index (χ1) is 9.09. The Balaban J connectivity index is 1.82. The van der Waals surface area contributed by atoms with Crippen molar-refractivity contribution in [2.75, 3.05) is 19.6 Å². The van der Waals surface area contributed by atoms with Crippen molar-refractivity contribution in [3.63, 3.8) is 0 Å². The lowest BCUT2D eigenvalue weighted by atomic mass is 9.90. The van der Waals surface area contributed by atoms with Gasteiger partial charge in [-0.2, -0.15) is 0 Å². The summed E-state index contributed by atoms with van der Waals surface area (Å²) < 4.78 is 13.4. The summed E-state index contributed by atoms with van der Waals surface area (Å²) >= 11 is 6.19. The Morgan fingerprint density at radius 2 is 2.26 bits per heavy atom. The van der Waals surface area contributed by atoms with E-state index in [2.05, 4.69) is 17.1 Å². The molecule has 0 bridgehead atoms. The van der Waals surface area contributed by atoms with Crippen LogP contribution in [0.3, 0.4) is 0 Å². The minimum absolute atomic E-state index is 0.188. The van der Waals surface area contributed by atoms with Gasteiger partial charge >= 0.3 is 0 Å². The van der Waals surface area contributed by atoms with Gasteiger partial charge in [0.05, 0.1) is 0 Å². The van der Waals surface area contributed by atoms with Gasteiger partial charge in [0, 0.05) is 36.7 Å². The summed E-state index contributed by atoms with van der Waals surface area (Å²) in [6.45, 7) is 6.08. The lowest BCUT2D eigenvalue weighted by molar-refractivity contribution is 0.0484. The number of nitrogens with zero attached hydrogens (tertiary/aromatic N) is 1. The highest BCUT2D eigenvalue weighted by molar-refractivity contribution is 6.31. The molecule has 1 aromatic rings. The maximum absolute atomic E-state index is 13.4. The number of halogens is 2. The number of rotatable bonds is 3. The molecule has 1 saturated carbocycles. The van der Waals surface area contributed by atoms with Gasteiger partial charge in [0.1, 0.15) is 5.82 Å². The lowest BCUT2D eigenvalue weighted by Gasteiger charge is -2.46. The molecule has 1 saturated heterocycles. The smallest absolute Gasteiger partial charge is 0.123 e. The third kappa shape index (κ3) is 2.64. The molecule has 1 aromatic carbocycles. The van der Waals surface area contributed by atoms with Crippen LogP contribution in [0.1, 0.15) is 25.3 Å². The molecule has 1 N–H and O–H groups in total. The van der Waals surface area contributed by atoms with Gasteiger partial charge in [0.2, 0.25) is 0 Å². The third-order valence-electron chi connectivity index (χ3n) is 4.59. The average molecular weight is 283 g/mol. The summed E-state index contributed by atoms with van der Waals surface area (Å²) in [5, 5.41) is 4.15. The molecule has 0 spiro atoms. The van der Waals surface area contributed by atoms with Crippen LogP contribution in [0.15, 0.2) is 18.2 Å². The predicted molar refractivity (Wildman–Crippen MR) is 75.8 cm³/mol. The molecular formula is C15H20ClFN2. The van der Waals surface area contributed by atoms with E-state index in [0.717, 1.165) is 37.7 Å². The first-order valence-electron chi connectivity index (χ1n) is 6.99. The van der Waals surface area contributed by atoms with Crippen molar-refractivity contribution >= 4 is 11.6 Å². The fourth-order valence-electron chi connectivity index (χ4n) is 3.16. The van der Waals surface area contributed by atoms with Gasteiger partial charge in [-0.15, -0.1) is 0 Å². The van der Waals surface area contributed by atoms with Crippen LogP contribution in [0, 0.1) is 11.7 Å². The van der Waals surface area contributed by atoms with E-state index in [-0.39, 0.29) is 11.4 Å². The van der Waals surface area contributed by atoms with Crippen molar-refractivity contribution in [3.05, 3.63) is 34.6 Å². The monoisotopic (exact) mass is 282 g/mol. The van der Waals surface area contributed by atoms with Gasteiger partial charge in [-0.05, 0) is 49.4 Å². The summed E-state index contributed by atoms with van der Waals surface area (Å²) in [5.41, 5.74) is 1.09. The van der Waals surface area contributed by atoms with E-state index in [4.69, 9.17) is 11.6 Å². The predicted octanol–water partition coefficient (Wildman–Crippen LogP) is 3.05. The summed E-state index contributed by atoms with van der Waals surface area (Å²) in [4.78, 5) is 2.47. The van der Waals surface area contributed by atoms with Gasteiger partial charge in [0.25, 0.3) is 0 Å². The van der Waals surface area contributed by atoms with E-state index >= 15 is 0 Å². The van der Waals surface area contributed by atoms with Gasteiger partial charge < -0.3 is 5.32 Å². The van der Waals surface area contributed by atoms with Gasteiger partial charge in [-0.3, -0.25) is 4.90 Å². The summed E-state index contributed by atoms with van der Waals surface area (Å²) in [6, 6.07) is 4.64. The molecular weight excluding hydrogens is 263 g/mol.